The predicted molar refractivity (Wildman–Crippen MR) is 104 cm³/mol. The molecule has 1 amide bonds. The molecule has 5 nitrogen and oxygen atoms in total. The van der Waals surface area contributed by atoms with Gasteiger partial charge >= 0.3 is 0 Å². The van der Waals surface area contributed by atoms with Crippen LogP contribution in [-0.2, 0) is 6.42 Å². The number of nitrogens with zero attached hydrogens (tertiary/aromatic N) is 2. The highest BCUT2D eigenvalue weighted by Crippen LogP contribution is 2.29. The van der Waals surface area contributed by atoms with Gasteiger partial charge in [-0.15, -0.1) is 0 Å². The fraction of sp³-hybridized carbons (Fsp3) is 0.0952. The van der Waals surface area contributed by atoms with E-state index in [1.807, 2.05) is 12.1 Å². The second kappa shape index (κ2) is 8.07. The van der Waals surface area contributed by atoms with Crippen molar-refractivity contribution in [1.82, 2.24) is 4.98 Å². The Balaban J connectivity index is 1.96. The number of halogens is 2. The summed E-state index contributed by atoms with van der Waals surface area (Å²) in [5.41, 5.74) is 8.18. The van der Waals surface area contributed by atoms with Gasteiger partial charge < -0.3 is 10.5 Å². The highest BCUT2D eigenvalue weighted by molar-refractivity contribution is 6.32. The van der Waals surface area contributed by atoms with Crippen LogP contribution in [-0.4, -0.2) is 18.0 Å². The lowest BCUT2D eigenvalue weighted by Crippen LogP contribution is -2.14. The van der Waals surface area contributed by atoms with Gasteiger partial charge in [0.15, 0.2) is 0 Å². The number of pyridine rings is 1. The van der Waals surface area contributed by atoms with E-state index < -0.39 is 11.7 Å². The van der Waals surface area contributed by atoms with E-state index in [1.165, 1.54) is 19.4 Å². The number of hydrogen-bond donors (Lipinski definition) is 1. The quantitative estimate of drug-likeness (QED) is 0.704. The molecule has 0 aliphatic rings. The topological polar surface area (TPSA) is 89.0 Å². The molecule has 0 aliphatic heterocycles. The van der Waals surface area contributed by atoms with E-state index in [2.05, 4.69) is 11.1 Å². The molecule has 0 unspecified atom stereocenters. The Morgan fingerprint density at radius 2 is 2.00 bits per heavy atom. The van der Waals surface area contributed by atoms with Gasteiger partial charge in [0.05, 0.1) is 29.0 Å². The Morgan fingerprint density at radius 3 is 2.61 bits per heavy atom. The average molecular weight is 396 g/mol. The monoisotopic (exact) mass is 395 g/mol. The van der Waals surface area contributed by atoms with E-state index in [9.17, 15) is 14.4 Å². The van der Waals surface area contributed by atoms with Gasteiger partial charge in [-0.2, -0.15) is 5.26 Å². The molecule has 28 heavy (non-hydrogen) atoms. The molecule has 0 atom stereocenters. The van der Waals surface area contributed by atoms with Gasteiger partial charge in [0.2, 0.25) is 0 Å². The van der Waals surface area contributed by atoms with Crippen LogP contribution in [0.25, 0.3) is 11.3 Å². The summed E-state index contributed by atoms with van der Waals surface area (Å²) in [7, 11) is 1.40. The number of benzene rings is 2. The Bertz CT molecular complexity index is 1090. The maximum atomic E-state index is 13.9. The largest absolute Gasteiger partial charge is 0.496 e. The smallest absolute Gasteiger partial charge is 0.252 e. The van der Waals surface area contributed by atoms with Crippen molar-refractivity contribution in [3.63, 3.8) is 0 Å². The minimum atomic E-state index is -0.760. The summed E-state index contributed by atoms with van der Waals surface area (Å²) < 4.78 is 19.2. The second-order valence-electron chi connectivity index (χ2n) is 6.01. The summed E-state index contributed by atoms with van der Waals surface area (Å²) in [4.78, 5) is 15.8. The number of nitriles is 1. The number of carbonyl (C=O) groups excluding carboxylic acids is 1. The van der Waals surface area contributed by atoms with Crippen molar-refractivity contribution in [2.45, 2.75) is 6.42 Å². The maximum absolute atomic E-state index is 13.9. The summed E-state index contributed by atoms with van der Waals surface area (Å²) in [5.74, 6) is -1.08. The lowest BCUT2D eigenvalue weighted by Gasteiger charge is -2.13. The summed E-state index contributed by atoms with van der Waals surface area (Å²) in [6, 6.07) is 13.2. The molecular formula is C21H15ClFN3O2. The summed E-state index contributed by atoms with van der Waals surface area (Å²) in [5, 5.41) is 9.64. The number of amides is 1. The van der Waals surface area contributed by atoms with Crippen LogP contribution in [0.4, 0.5) is 4.39 Å². The third kappa shape index (κ3) is 3.80. The minimum Gasteiger partial charge on any atom is -0.496 e. The molecule has 2 aromatic carbocycles. The minimum absolute atomic E-state index is 0.00379. The Labute approximate surface area is 166 Å². The summed E-state index contributed by atoms with van der Waals surface area (Å²) >= 11 is 6.06. The molecule has 3 aromatic rings. The van der Waals surface area contributed by atoms with E-state index >= 15 is 0 Å². The number of primary amides is 1. The second-order valence-corrected chi connectivity index (χ2v) is 6.42. The average Bonchev–Trinajstić information content (AvgIpc) is 2.68. The first-order chi connectivity index (χ1) is 13.4. The zero-order chi connectivity index (χ0) is 20.3. The number of hydrogen-bond acceptors (Lipinski definition) is 4. The molecule has 0 saturated heterocycles. The fourth-order valence-corrected chi connectivity index (χ4v) is 3.16. The van der Waals surface area contributed by atoms with E-state index in [4.69, 9.17) is 22.1 Å². The number of nitrogens with two attached hydrogens (primary N) is 1. The van der Waals surface area contributed by atoms with E-state index in [0.29, 0.717) is 28.3 Å². The van der Waals surface area contributed by atoms with Crippen LogP contribution in [0.5, 0.6) is 5.75 Å². The van der Waals surface area contributed by atoms with Crippen LogP contribution in [0, 0.1) is 17.1 Å². The van der Waals surface area contributed by atoms with Gasteiger partial charge in [0.1, 0.15) is 17.6 Å². The normalized spacial score (nSPS) is 10.4. The lowest BCUT2D eigenvalue weighted by atomic mass is 9.98. The SMILES string of the molecule is COc1c(Cc2ccc(-c3nccc(Cl)c3C#N)cc2)cc(F)cc1C(N)=O. The maximum Gasteiger partial charge on any atom is 0.252 e. The molecule has 140 valence electrons. The van der Waals surface area contributed by atoms with Crippen molar-refractivity contribution in [2.24, 2.45) is 5.73 Å². The van der Waals surface area contributed by atoms with Crippen LogP contribution < -0.4 is 10.5 Å². The third-order valence-electron chi connectivity index (χ3n) is 4.23. The summed E-state index contributed by atoms with van der Waals surface area (Å²) in [6.07, 6.45) is 1.87. The van der Waals surface area contributed by atoms with Gasteiger partial charge in [-0.1, -0.05) is 35.9 Å². The van der Waals surface area contributed by atoms with Gasteiger partial charge in [-0.25, -0.2) is 4.39 Å². The van der Waals surface area contributed by atoms with Gasteiger partial charge in [0, 0.05) is 23.7 Å². The molecule has 0 saturated carbocycles. The first kappa shape index (κ1) is 19.3. The van der Waals surface area contributed by atoms with Gasteiger partial charge in [-0.05, 0) is 23.8 Å². The molecule has 3 rings (SSSR count). The molecule has 1 aromatic heterocycles. The summed E-state index contributed by atoms with van der Waals surface area (Å²) in [6.45, 7) is 0. The number of aromatic nitrogens is 1. The molecular weight excluding hydrogens is 381 g/mol. The van der Waals surface area contributed by atoms with Crippen LogP contribution in [0.3, 0.4) is 0 Å². The van der Waals surface area contributed by atoms with Crippen LogP contribution in [0.15, 0.2) is 48.7 Å². The van der Waals surface area contributed by atoms with Gasteiger partial charge in [-0.3, -0.25) is 9.78 Å². The number of carbonyl (C=O) groups is 1. The highest BCUT2D eigenvalue weighted by atomic mass is 35.5. The molecule has 0 fully saturated rings. The molecule has 0 aliphatic carbocycles. The molecule has 7 heteroatoms. The van der Waals surface area contributed by atoms with Crippen LogP contribution in [0.2, 0.25) is 5.02 Å². The van der Waals surface area contributed by atoms with Crippen LogP contribution in [0.1, 0.15) is 27.0 Å². The van der Waals surface area contributed by atoms with E-state index in [-0.39, 0.29) is 11.3 Å². The highest BCUT2D eigenvalue weighted by Gasteiger charge is 2.17. The number of rotatable bonds is 5. The zero-order valence-corrected chi connectivity index (χ0v) is 15.6. The van der Waals surface area contributed by atoms with Crippen molar-refractivity contribution in [1.29, 1.82) is 5.26 Å². The molecule has 1 heterocycles. The third-order valence-corrected chi connectivity index (χ3v) is 4.55. The van der Waals surface area contributed by atoms with Crippen LogP contribution >= 0.6 is 11.6 Å². The number of ether oxygens (including phenoxy) is 1. The molecule has 0 bridgehead atoms. The van der Waals surface area contributed by atoms with E-state index in [0.717, 1.165) is 17.2 Å². The van der Waals surface area contributed by atoms with Crippen molar-refractivity contribution in [3.8, 4) is 23.1 Å². The van der Waals surface area contributed by atoms with Crippen molar-refractivity contribution < 1.29 is 13.9 Å². The number of methoxy groups -OCH3 is 1. The van der Waals surface area contributed by atoms with E-state index in [1.54, 1.807) is 18.2 Å². The molecule has 0 spiro atoms. The van der Waals surface area contributed by atoms with Crippen molar-refractivity contribution in [3.05, 3.63) is 81.8 Å². The predicted octanol–water partition coefficient (Wildman–Crippen LogP) is 4.11. The Kier molecular flexibility index (Phi) is 5.57. The first-order valence-electron chi connectivity index (χ1n) is 8.24. The fourth-order valence-electron chi connectivity index (χ4n) is 2.97. The lowest BCUT2D eigenvalue weighted by molar-refractivity contribution is 0.0996. The zero-order valence-electron chi connectivity index (χ0n) is 14.9. The van der Waals surface area contributed by atoms with Crippen molar-refractivity contribution in [2.75, 3.05) is 7.11 Å². The van der Waals surface area contributed by atoms with Crippen molar-refractivity contribution >= 4 is 17.5 Å². The first-order valence-corrected chi connectivity index (χ1v) is 8.62. The standard InChI is InChI=1S/C21H15ClFN3O2/c1-28-20-14(9-15(23)10-16(20)21(25)27)8-12-2-4-13(5-3-12)19-17(11-24)18(22)6-7-26-19/h2-7,9-10H,8H2,1H3,(H2,25,27). The van der Waals surface area contributed by atoms with Gasteiger partial charge in [0.25, 0.3) is 5.91 Å². The Hall–Kier alpha value is -3.43. The molecule has 2 N–H and O–H groups in total. The Morgan fingerprint density at radius 1 is 1.29 bits per heavy atom. The molecule has 0 radical (unpaired) electrons.